The predicted molar refractivity (Wildman–Crippen MR) is 60.5 cm³/mol. The second kappa shape index (κ2) is 4.53. The Hall–Kier alpha value is -1.91. The quantitative estimate of drug-likeness (QED) is 0.750. The molecule has 0 N–H and O–H groups in total. The summed E-state index contributed by atoms with van der Waals surface area (Å²) in [4.78, 5) is 11.5. The number of carbonyl (C=O) groups excluding carboxylic acids is 1. The van der Waals surface area contributed by atoms with Crippen LogP contribution in [0.15, 0.2) is 6.07 Å². The van der Waals surface area contributed by atoms with Crippen molar-refractivity contribution < 1.29 is 23.7 Å². The topological polar surface area (TPSA) is 54.0 Å². The van der Waals surface area contributed by atoms with Gasteiger partial charge in [0.1, 0.15) is 13.2 Å². The van der Waals surface area contributed by atoms with Crippen molar-refractivity contribution >= 4 is 5.78 Å². The summed E-state index contributed by atoms with van der Waals surface area (Å²) in [5.41, 5.74) is 0.425. The largest absolute Gasteiger partial charge is 0.492 e. The van der Waals surface area contributed by atoms with Crippen molar-refractivity contribution in [2.24, 2.45) is 0 Å². The minimum atomic E-state index is -0.114. The summed E-state index contributed by atoms with van der Waals surface area (Å²) in [6, 6.07) is 1.62. The van der Waals surface area contributed by atoms with Gasteiger partial charge in [-0.25, -0.2) is 0 Å². The van der Waals surface area contributed by atoms with Crippen LogP contribution < -0.4 is 18.9 Å². The van der Waals surface area contributed by atoms with Crippen LogP contribution in [0.3, 0.4) is 0 Å². The maximum absolute atomic E-state index is 11.5. The van der Waals surface area contributed by atoms with Gasteiger partial charge in [0.2, 0.25) is 11.5 Å². The second-order valence-electron chi connectivity index (χ2n) is 3.57. The molecule has 1 aromatic rings. The Bertz CT molecular complexity index is 453. The van der Waals surface area contributed by atoms with Crippen LogP contribution in [0.25, 0.3) is 0 Å². The fourth-order valence-corrected chi connectivity index (χ4v) is 1.79. The standard InChI is InChI=1S/C12H14O5/c1-7(13)8-6-9-11(17-5-4-16-9)12(15-3)10(8)14-2/h6H,4-5H2,1-3H3. The summed E-state index contributed by atoms with van der Waals surface area (Å²) in [6.45, 7) is 2.37. The molecule has 0 spiro atoms. The fraction of sp³-hybridized carbons (Fsp3) is 0.417. The molecule has 92 valence electrons. The van der Waals surface area contributed by atoms with Gasteiger partial charge in [0.25, 0.3) is 0 Å². The fourth-order valence-electron chi connectivity index (χ4n) is 1.79. The molecule has 5 heteroatoms. The number of hydrogen-bond acceptors (Lipinski definition) is 5. The third kappa shape index (κ3) is 1.88. The molecule has 1 heterocycles. The molecule has 5 nitrogen and oxygen atoms in total. The monoisotopic (exact) mass is 238 g/mol. The maximum Gasteiger partial charge on any atom is 0.208 e. The Labute approximate surface area is 99.2 Å². The highest BCUT2D eigenvalue weighted by Gasteiger charge is 2.26. The molecule has 0 unspecified atom stereocenters. The molecule has 2 rings (SSSR count). The smallest absolute Gasteiger partial charge is 0.208 e. The molecule has 17 heavy (non-hydrogen) atoms. The Morgan fingerprint density at radius 1 is 1.18 bits per heavy atom. The molecule has 1 aliphatic heterocycles. The Balaban J connectivity index is 2.67. The molecule has 0 saturated heterocycles. The van der Waals surface area contributed by atoms with Gasteiger partial charge in [-0.15, -0.1) is 0 Å². The molecule has 0 bridgehead atoms. The van der Waals surface area contributed by atoms with Crippen LogP contribution in [0.2, 0.25) is 0 Å². The molecule has 0 atom stereocenters. The van der Waals surface area contributed by atoms with E-state index in [0.29, 0.717) is 41.8 Å². The van der Waals surface area contributed by atoms with E-state index in [-0.39, 0.29) is 5.78 Å². The highest BCUT2D eigenvalue weighted by molar-refractivity contribution is 5.99. The number of ketones is 1. The van der Waals surface area contributed by atoms with Crippen molar-refractivity contribution in [2.75, 3.05) is 27.4 Å². The summed E-state index contributed by atoms with van der Waals surface area (Å²) < 4.78 is 21.4. The van der Waals surface area contributed by atoms with E-state index in [1.807, 2.05) is 0 Å². The summed E-state index contributed by atoms with van der Waals surface area (Å²) >= 11 is 0. The zero-order chi connectivity index (χ0) is 12.4. The van der Waals surface area contributed by atoms with Crippen LogP contribution in [0.4, 0.5) is 0 Å². The predicted octanol–water partition coefficient (Wildman–Crippen LogP) is 1.68. The SMILES string of the molecule is COc1c(C(C)=O)cc2c(c1OC)OCCO2. The van der Waals surface area contributed by atoms with Crippen LogP contribution in [-0.4, -0.2) is 33.2 Å². The highest BCUT2D eigenvalue weighted by atomic mass is 16.6. The average Bonchev–Trinajstić information content (AvgIpc) is 2.36. The average molecular weight is 238 g/mol. The first kappa shape index (κ1) is 11.6. The molecule has 0 aromatic heterocycles. The Kier molecular flexibility index (Phi) is 3.08. The lowest BCUT2D eigenvalue weighted by Gasteiger charge is -2.23. The lowest BCUT2D eigenvalue weighted by Crippen LogP contribution is -2.17. The van der Waals surface area contributed by atoms with Crippen LogP contribution in [0.5, 0.6) is 23.0 Å². The van der Waals surface area contributed by atoms with E-state index in [4.69, 9.17) is 18.9 Å². The lowest BCUT2D eigenvalue weighted by atomic mass is 10.1. The number of ether oxygens (including phenoxy) is 4. The highest BCUT2D eigenvalue weighted by Crippen LogP contribution is 2.47. The molecule has 1 aromatic carbocycles. The molecular weight excluding hydrogens is 224 g/mol. The van der Waals surface area contributed by atoms with Crippen LogP contribution >= 0.6 is 0 Å². The van der Waals surface area contributed by atoms with E-state index in [0.717, 1.165) is 0 Å². The summed E-state index contributed by atoms with van der Waals surface area (Å²) in [5.74, 6) is 1.66. The first-order valence-corrected chi connectivity index (χ1v) is 5.24. The van der Waals surface area contributed by atoms with E-state index >= 15 is 0 Å². The number of Topliss-reactive ketones (excluding diaryl/α,β-unsaturated/α-hetero) is 1. The molecule has 0 saturated carbocycles. The third-order valence-corrected chi connectivity index (χ3v) is 2.53. The number of hydrogen-bond donors (Lipinski definition) is 0. The first-order valence-electron chi connectivity index (χ1n) is 5.24. The van der Waals surface area contributed by atoms with Crippen molar-refractivity contribution in [1.29, 1.82) is 0 Å². The van der Waals surface area contributed by atoms with Gasteiger partial charge in [0.15, 0.2) is 17.3 Å². The molecule has 0 radical (unpaired) electrons. The molecule has 1 aliphatic rings. The normalized spacial score (nSPS) is 13.1. The van der Waals surface area contributed by atoms with Gasteiger partial charge in [-0.3, -0.25) is 4.79 Å². The van der Waals surface area contributed by atoms with Gasteiger partial charge in [-0.05, 0) is 13.0 Å². The van der Waals surface area contributed by atoms with Gasteiger partial charge >= 0.3 is 0 Å². The van der Waals surface area contributed by atoms with Crippen LogP contribution in [0, 0.1) is 0 Å². The van der Waals surface area contributed by atoms with E-state index in [2.05, 4.69) is 0 Å². The van der Waals surface area contributed by atoms with E-state index < -0.39 is 0 Å². The lowest BCUT2D eigenvalue weighted by molar-refractivity contribution is 0.101. The molecule has 0 amide bonds. The number of rotatable bonds is 3. The van der Waals surface area contributed by atoms with E-state index in [1.165, 1.54) is 21.1 Å². The molecular formula is C12H14O5. The van der Waals surface area contributed by atoms with Crippen molar-refractivity contribution in [2.45, 2.75) is 6.92 Å². The Morgan fingerprint density at radius 3 is 2.41 bits per heavy atom. The number of fused-ring (bicyclic) bond motifs is 1. The maximum atomic E-state index is 11.5. The number of carbonyl (C=O) groups is 1. The van der Waals surface area contributed by atoms with E-state index in [1.54, 1.807) is 6.07 Å². The van der Waals surface area contributed by atoms with Gasteiger partial charge in [0.05, 0.1) is 19.8 Å². The van der Waals surface area contributed by atoms with E-state index in [9.17, 15) is 4.79 Å². The van der Waals surface area contributed by atoms with Crippen molar-refractivity contribution in [1.82, 2.24) is 0 Å². The Morgan fingerprint density at radius 2 is 1.82 bits per heavy atom. The van der Waals surface area contributed by atoms with Crippen molar-refractivity contribution in [3.8, 4) is 23.0 Å². The van der Waals surface area contributed by atoms with Crippen molar-refractivity contribution in [3.63, 3.8) is 0 Å². The van der Waals surface area contributed by atoms with Gasteiger partial charge in [-0.2, -0.15) is 0 Å². The molecule has 0 fully saturated rings. The minimum Gasteiger partial charge on any atom is -0.492 e. The summed E-state index contributed by atoms with van der Waals surface area (Å²) in [6.07, 6.45) is 0. The van der Waals surface area contributed by atoms with Crippen molar-refractivity contribution in [3.05, 3.63) is 11.6 Å². The molecule has 0 aliphatic carbocycles. The second-order valence-corrected chi connectivity index (χ2v) is 3.57. The summed E-state index contributed by atoms with van der Waals surface area (Å²) in [7, 11) is 2.99. The number of methoxy groups -OCH3 is 2. The first-order chi connectivity index (χ1) is 8.19. The van der Waals surface area contributed by atoms with Gasteiger partial charge < -0.3 is 18.9 Å². The zero-order valence-corrected chi connectivity index (χ0v) is 10.0. The zero-order valence-electron chi connectivity index (χ0n) is 10.0. The van der Waals surface area contributed by atoms with Gasteiger partial charge in [0, 0.05) is 0 Å². The number of benzene rings is 1. The van der Waals surface area contributed by atoms with Crippen LogP contribution in [0.1, 0.15) is 17.3 Å². The summed E-state index contributed by atoms with van der Waals surface area (Å²) in [5, 5.41) is 0. The minimum absolute atomic E-state index is 0.114. The van der Waals surface area contributed by atoms with Crippen LogP contribution in [-0.2, 0) is 0 Å². The van der Waals surface area contributed by atoms with Gasteiger partial charge in [-0.1, -0.05) is 0 Å². The third-order valence-electron chi connectivity index (χ3n) is 2.53.